The van der Waals surface area contributed by atoms with Crippen LogP contribution in [-0.4, -0.2) is 40.4 Å². The quantitative estimate of drug-likeness (QED) is 0.641. The van der Waals surface area contributed by atoms with Crippen molar-refractivity contribution in [1.29, 1.82) is 0 Å². The van der Waals surface area contributed by atoms with Crippen LogP contribution >= 0.6 is 11.3 Å². The Morgan fingerprint density at radius 2 is 2.00 bits per heavy atom. The fourth-order valence-corrected chi connectivity index (χ4v) is 4.58. The molecule has 29 heavy (non-hydrogen) atoms. The van der Waals surface area contributed by atoms with E-state index in [1.807, 2.05) is 24.0 Å². The third-order valence-corrected chi connectivity index (χ3v) is 6.63. The number of hydrogen-bond acceptors (Lipinski definition) is 5. The van der Waals surface area contributed by atoms with E-state index in [9.17, 15) is 4.79 Å². The highest BCUT2D eigenvalue weighted by Gasteiger charge is 2.37. The van der Waals surface area contributed by atoms with Crippen LogP contribution in [0.2, 0.25) is 0 Å². The third kappa shape index (κ3) is 4.49. The Labute approximate surface area is 176 Å². The number of anilines is 1. The van der Waals surface area contributed by atoms with Gasteiger partial charge in [-0.15, -0.1) is 11.3 Å². The number of thiazole rings is 1. The van der Waals surface area contributed by atoms with Crippen LogP contribution in [0.5, 0.6) is 0 Å². The number of piperidine rings is 1. The van der Waals surface area contributed by atoms with E-state index in [1.165, 1.54) is 0 Å². The molecular weight excluding hydrogens is 380 g/mol. The Morgan fingerprint density at radius 3 is 2.69 bits per heavy atom. The van der Waals surface area contributed by atoms with Gasteiger partial charge in [0.15, 0.2) is 0 Å². The van der Waals surface area contributed by atoms with Gasteiger partial charge in [-0.1, -0.05) is 32.9 Å². The fraction of sp³-hybridized carbons (Fsp3) is 0.435. The Hall–Kier alpha value is -2.31. The first-order chi connectivity index (χ1) is 13.9. The minimum atomic E-state index is -0.339. The Bertz CT molecular complexity index is 991. The van der Waals surface area contributed by atoms with Gasteiger partial charge in [-0.05, 0) is 54.9 Å². The monoisotopic (exact) mass is 408 g/mol. The first kappa shape index (κ1) is 20.0. The van der Waals surface area contributed by atoms with E-state index in [4.69, 9.17) is 0 Å². The van der Waals surface area contributed by atoms with E-state index in [0.29, 0.717) is 11.7 Å². The average molecular weight is 409 g/mol. The number of nitrogens with zero attached hydrogens (tertiary/aromatic N) is 3. The van der Waals surface area contributed by atoms with Crippen molar-refractivity contribution >= 4 is 33.8 Å². The zero-order valence-electron chi connectivity index (χ0n) is 17.3. The molecule has 0 radical (unpaired) electrons. The molecule has 152 valence electrons. The van der Waals surface area contributed by atoms with Crippen LogP contribution in [-0.2, 0) is 4.79 Å². The molecule has 1 aliphatic heterocycles. The number of pyridine rings is 1. The van der Waals surface area contributed by atoms with Gasteiger partial charge in [0, 0.05) is 29.7 Å². The Balaban J connectivity index is 1.48. The second kappa shape index (κ2) is 8.20. The highest BCUT2D eigenvalue weighted by molar-refractivity contribution is 7.13. The molecule has 4 rings (SSSR count). The number of aromatic nitrogens is 2. The molecule has 1 saturated heterocycles. The normalized spacial score (nSPS) is 17.0. The van der Waals surface area contributed by atoms with Crippen LogP contribution in [0, 0.1) is 11.3 Å². The zero-order chi connectivity index (χ0) is 20.4. The van der Waals surface area contributed by atoms with Crippen molar-refractivity contribution in [1.82, 2.24) is 14.9 Å². The maximum atomic E-state index is 13.0. The summed E-state index contributed by atoms with van der Waals surface area (Å²) in [5.74, 6) is 1.35. The summed E-state index contributed by atoms with van der Waals surface area (Å²) in [5, 5.41) is 5.20. The van der Waals surface area contributed by atoms with Gasteiger partial charge < -0.3 is 10.2 Å². The lowest BCUT2D eigenvalue weighted by Crippen LogP contribution is -2.45. The van der Waals surface area contributed by atoms with Crippen molar-refractivity contribution in [2.45, 2.75) is 33.6 Å². The highest BCUT2D eigenvalue weighted by atomic mass is 32.1. The lowest BCUT2D eigenvalue weighted by molar-refractivity contribution is -0.127. The third-order valence-electron chi connectivity index (χ3n) is 5.81. The zero-order valence-corrected chi connectivity index (χ0v) is 18.1. The van der Waals surface area contributed by atoms with E-state index in [-0.39, 0.29) is 11.3 Å². The van der Waals surface area contributed by atoms with Crippen LogP contribution in [0.3, 0.4) is 0 Å². The summed E-state index contributed by atoms with van der Waals surface area (Å²) in [6, 6.07) is 8.25. The number of rotatable bonds is 5. The summed E-state index contributed by atoms with van der Waals surface area (Å²) >= 11 is 1.62. The van der Waals surface area contributed by atoms with Crippen LogP contribution < -0.4 is 5.32 Å². The van der Waals surface area contributed by atoms with Gasteiger partial charge in [-0.2, -0.15) is 0 Å². The second-order valence-electron chi connectivity index (χ2n) is 8.71. The summed E-state index contributed by atoms with van der Waals surface area (Å²) < 4.78 is 0. The molecule has 1 aliphatic rings. The molecule has 3 heterocycles. The Morgan fingerprint density at radius 1 is 1.21 bits per heavy atom. The minimum absolute atomic E-state index is 0.0761. The molecule has 5 nitrogen and oxygen atoms in total. The number of hydrogen-bond donors (Lipinski definition) is 1. The molecule has 1 fully saturated rings. The van der Waals surface area contributed by atoms with Crippen LogP contribution in [0.25, 0.3) is 21.2 Å². The van der Waals surface area contributed by atoms with Crippen LogP contribution in [0.1, 0.15) is 33.6 Å². The van der Waals surface area contributed by atoms with Crippen molar-refractivity contribution in [3.8, 4) is 10.4 Å². The number of nitrogens with one attached hydrogen (secondary N) is 1. The second-order valence-corrected chi connectivity index (χ2v) is 9.59. The summed E-state index contributed by atoms with van der Waals surface area (Å²) in [6.45, 7) is 9.62. The number of likely N-dealkylation sites (tertiary alicyclic amines) is 1. The molecule has 0 spiro atoms. The van der Waals surface area contributed by atoms with Crippen LogP contribution in [0.15, 0.2) is 42.2 Å². The predicted molar refractivity (Wildman–Crippen MR) is 120 cm³/mol. The first-order valence-corrected chi connectivity index (χ1v) is 11.1. The lowest BCUT2D eigenvalue weighted by atomic mass is 9.79. The number of benzene rings is 1. The molecule has 0 saturated carbocycles. The highest BCUT2D eigenvalue weighted by Crippen LogP contribution is 2.33. The first-order valence-electron chi connectivity index (χ1n) is 10.3. The van der Waals surface area contributed by atoms with Gasteiger partial charge in [-0.3, -0.25) is 9.78 Å². The van der Waals surface area contributed by atoms with Gasteiger partial charge in [0.2, 0.25) is 5.91 Å². The van der Waals surface area contributed by atoms with Gasteiger partial charge in [0.1, 0.15) is 5.82 Å². The molecule has 0 aliphatic carbocycles. The van der Waals surface area contributed by atoms with Crippen molar-refractivity contribution in [2.75, 3.05) is 25.0 Å². The van der Waals surface area contributed by atoms with E-state index < -0.39 is 0 Å². The minimum Gasteiger partial charge on any atom is -0.310 e. The van der Waals surface area contributed by atoms with Gasteiger partial charge in [0.05, 0.1) is 10.4 Å². The smallest absolute Gasteiger partial charge is 0.231 e. The summed E-state index contributed by atoms with van der Waals surface area (Å²) in [7, 11) is 0. The lowest BCUT2D eigenvalue weighted by Gasteiger charge is -2.38. The predicted octanol–water partition coefficient (Wildman–Crippen LogP) is 5.05. The fourth-order valence-electron chi connectivity index (χ4n) is 3.96. The topological polar surface area (TPSA) is 58.1 Å². The van der Waals surface area contributed by atoms with Crippen molar-refractivity contribution in [2.24, 2.45) is 11.3 Å². The Kier molecular flexibility index (Phi) is 5.65. The summed E-state index contributed by atoms with van der Waals surface area (Å²) in [5.41, 5.74) is 2.63. The molecule has 1 N–H and O–H groups in total. The molecule has 1 aromatic carbocycles. The summed E-state index contributed by atoms with van der Waals surface area (Å²) in [6.07, 6.45) is 5.47. The van der Waals surface area contributed by atoms with Crippen molar-refractivity contribution in [3.05, 3.63) is 42.2 Å². The van der Waals surface area contributed by atoms with E-state index in [0.717, 1.165) is 53.7 Å². The summed E-state index contributed by atoms with van der Waals surface area (Å²) in [4.78, 5) is 25.3. The maximum Gasteiger partial charge on any atom is 0.231 e. The SMILES string of the molecule is CC(C)CN1CCC(C)(C(=O)Nc2cc3cc(-c4cncs4)ccc3cn2)CC1. The molecule has 0 bridgehead atoms. The standard InChI is InChI=1S/C23H28N4OS/c1-16(2)14-27-8-6-23(3,7-9-27)22(28)26-21-11-19-10-17(20-13-24-15-29-20)4-5-18(19)12-25-21/h4-5,10-13,15-16H,6-9,14H2,1-3H3,(H,25,26,28). The van der Waals surface area contributed by atoms with Crippen molar-refractivity contribution in [3.63, 3.8) is 0 Å². The number of carbonyl (C=O) groups is 1. The van der Waals surface area contributed by atoms with E-state index in [1.54, 1.807) is 11.3 Å². The molecule has 6 heteroatoms. The molecule has 0 atom stereocenters. The molecule has 3 aromatic rings. The van der Waals surface area contributed by atoms with E-state index in [2.05, 4.69) is 59.2 Å². The van der Waals surface area contributed by atoms with E-state index >= 15 is 0 Å². The molecular formula is C23H28N4OS. The average Bonchev–Trinajstić information content (AvgIpc) is 3.24. The molecule has 0 unspecified atom stereocenters. The van der Waals surface area contributed by atoms with Gasteiger partial charge in [-0.25, -0.2) is 4.98 Å². The largest absolute Gasteiger partial charge is 0.310 e. The van der Waals surface area contributed by atoms with Gasteiger partial charge >= 0.3 is 0 Å². The number of fused-ring (bicyclic) bond motifs is 1. The maximum absolute atomic E-state index is 13.0. The number of amides is 1. The molecule has 1 amide bonds. The number of carbonyl (C=O) groups excluding carboxylic acids is 1. The molecule has 2 aromatic heterocycles. The van der Waals surface area contributed by atoms with Crippen molar-refractivity contribution < 1.29 is 4.79 Å². The van der Waals surface area contributed by atoms with Gasteiger partial charge in [0.25, 0.3) is 0 Å². The van der Waals surface area contributed by atoms with Crippen LogP contribution in [0.4, 0.5) is 5.82 Å².